The summed E-state index contributed by atoms with van der Waals surface area (Å²) < 4.78 is 5.90. The molecule has 0 bridgehead atoms. The second-order valence-corrected chi connectivity index (χ2v) is 8.51. The van der Waals surface area contributed by atoms with Gasteiger partial charge >= 0.3 is 0 Å². The number of carbonyl (C=O) groups excluding carboxylic acids is 2. The van der Waals surface area contributed by atoms with Crippen molar-refractivity contribution in [3.8, 4) is 16.9 Å². The van der Waals surface area contributed by atoms with Gasteiger partial charge in [0, 0.05) is 22.2 Å². The summed E-state index contributed by atoms with van der Waals surface area (Å²) in [6.07, 6.45) is 3.55. The van der Waals surface area contributed by atoms with Gasteiger partial charge in [-0.15, -0.1) is 0 Å². The molecule has 3 aromatic rings. The van der Waals surface area contributed by atoms with Crippen LogP contribution < -0.4 is 4.74 Å². The van der Waals surface area contributed by atoms with Gasteiger partial charge in [0.2, 0.25) is 0 Å². The number of halogens is 2. The van der Waals surface area contributed by atoms with Crippen LogP contribution in [0.4, 0.5) is 0 Å². The second-order valence-electron chi connectivity index (χ2n) is 7.69. The maximum Gasteiger partial charge on any atom is 0.261 e. The molecule has 0 radical (unpaired) electrons. The Labute approximate surface area is 197 Å². The molecule has 0 spiro atoms. The molecule has 0 aliphatic carbocycles. The molecule has 0 fully saturated rings. The summed E-state index contributed by atoms with van der Waals surface area (Å²) in [6, 6.07) is 20.2. The van der Waals surface area contributed by atoms with Gasteiger partial charge in [-0.2, -0.15) is 0 Å². The molecule has 2 amide bonds. The van der Waals surface area contributed by atoms with E-state index < -0.39 is 0 Å². The zero-order valence-corrected chi connectivity index (χ0v) is 19.0. The first-order valence-corrected chi connectivity index (χ1v) is 11.4. The minimum absolute atomic E-state index is 0.188. The summed E-state index contributed by atoms with van der Waals surface area (Å²) in [4.78, 5) is 26.1. The van der Waals surface area contributed by atoms with Gasteiger partial charge in [-0.05, 0) is 54.8 Å². The molecule has 32 heavy (non-hydrogen) atoms. The number of unbranched alkanes of at least 4 members (excludes halogenated alkanes) is 3. The second kappa shape index (κ2) is 10.2. The number of hydrogen-bond acceptors (Lipinski definition) is 3. The molecule has 1 aliphatic rings. The number of carbonyl (C=O) groups is 2. The van der Waals surface area contributed by atoms with Crippen molar-refractivity contribution in [2.45, 2.75) is 25.7 Å². The lowest BCUT2D eigenvalue weighted by Gasteiger charge is -2.13. The largest absolute Gasteiger partial charge is 0.494 e. The normalized spacial score (nSPS) is 12.9. The van der Waals surface area contributed by atoms with E-state index in [9.17, 15) is 9.59 Å². The van der Waals surface area contributed by atoms with E-state index in [0.29, 0.717) is 34.3 Å². The van der Waals surface area contributed by atoms with Crippen molar-refractivity contribution < 1.29 is 14.3 Å². The van der Waals surface area contributed by atoms with Crippen molar-refractivity contribution in [3.63, 3.8) is 0 Å². The van der Waals surface area contributed by atoms with Crippen molar-refractivity contribution in [2.75, 3.05) is 13.2 Å². The number of ether oxygens (including phenoxy) is 1. The molecule has 0 unspecified atom stereocenters. The molecule has 164 valence electrons. The Hall–Kier alpha value is -2.82. The monoisotopic (exact) mass is 467 g/mol. The number of benzene rings is 3. The lowest BCUT2D eigenvalue weighted by molar-refractivity contribution is 0.0651. The third-order valence-corrected chi connectivity index (χ3v) is 6.14. The highest BCUT2D eigenvalue weighted by atomic mass is 35.5. The molecule has 0 aromatic heterocycles. The Kier molecular flexibility index (Phi) is 7.13. The molecule has 4 rings (SSSR count). The minimum atomic E-state index is -0.188. The van der Waals surface area contributed by atoms with E-state index >= 15 is 0 Å². The SMILES string of the molecule is O=C1c2ccccc2C(=O)N1CCCCCCOc1cccc(-c2c(Cl)cccc2Cl)c1. The fourth-order valence-electron chi connectivity index (χ4n) is 3.87. The molecule has 0 N–H and O–H groups in total. The van der Waals surface area contributed by atoms with Crippen molar-refractivity contribution in [3.05, 3.63) is 87.9 Å². The first-order chi connectivity index (χ1) is 15.6. The standard InChI is InChI=1S/C26H23Cl2NO3/c27-22-13-8-14-23(28)24(22)18-9-7-10-19(17-18)32-16-6-2-1-5-15-29-25(30)20-11-3-4-12-21(20)26(29)31/h3-4,7-14,17H,1-2,5-6,15-16H2. The number of rotatable bonds is 9. The molecule has 0 saturated carbocycles. The van der Waals surface area contributed by atoms with E-state index in [-0.39, 0.29) is 11.8 Å². The summed E-state index contributed by atoms with van der Waals surface area (Å²) in [5, 5.41) is 1.21. The molecule has 1 heterocycles. The summed E-state index contributed by atoms with van der Waals surface area (Å²) in [6.45, 7) is 1.04. The third-order valence-electron chi connectivity index (χ3n) is 5.51. The first kappa shape index (κ1) is 22.4. The van der Waals surface area contributed by atoms with E-state index in [1.165, 1.54) is 4.90 Å². The Bertz CT molecular complexity index is 1090. The highest BCUT2D eigenvalue weighted by Gasteiger charge is 2.34. The van der Waals surface area contributed by atoms with E-state index in [1.54, 1.807) is 24.3 Å². The van der Waals surface area contributed by atoms with Gasteiger partial charge in [0.15, 0.2) is 0 Å². The Morgan fingerprint density at radius 1 is 0.719 bits per heavy atom. The van der Waals surface area contributed by atoms with Crippen LogP contribution in [-0.4, -0.2) is 29.9 Å². The van der Waals surface area contributed by atoms with Gasteiger partial charge in [-0.25, -0.2) is 0 Å². The maximum atomic E-state index is 12.4. The molecular weight excluding hydrogens is 445 g/mol. The van der Waals surface area contributed by atoms with Crippen LogP contribution in [0.2, 0.25) is 10.0 Å². The van der Waals surface area contributed by atoms with Crippen LogP contribution in [0.25, 0.3) is 11.1 Å². The van der Waals surface area contributed by atoms with Gasteiger partial charge < -0.3 is 4.74 Å². The molecule has 3 aromatic carbocycles. The number of nitrogens with zero attached hydrogens (tertiary/aromatic N) is 1. The summed E-state index contributed by atoms with van der Waals surface area (Å²) in [5.74, 6) is 0.393. The van der Waals surface area contributed by atoms with Crippen LogP contribution in [-0.2, 0) is 0 Å². The highest BCUT2D eigenvalue weighted by Crippen LogP contribution is 2.35. The predicted octanol–water partition coefficient (Wildman–Crippen LogP) is 6.90. The zero-order chi connectivity index (χ0) is 22.5. The van der Waals surface area contributed by atoms with Crippen molar-refractivity contribution in [2.24, 2.45) is 0 Å². The van der Waals surface area contributed by atoms with Crippen LogP contribution in [0.5, 0.6) is 5.75 Å². The molecule has 0 atom stereocenters. The fraction of sp³-hybridized carbons (Fsp3) is 0.231. The summed E-state index contributed by atoms with van der Waals surface area (Å²) in [5.41, 5.74) is 2.73. The van der Waals surface area contributed by atoms with Gasteiger partial charge in [0.05, 0.1) is 17.7 Å². The van der Waals surface area contributed by atoms with E-state index in [2.05, 4.69) is 0 Å². The number of hydrogen-bond donors (Lipinski definition) is 0. The lowest BCUT2D eigenvalue weighted by atomic mass is 10.1. The highest BCUT2D eigenvalue weighted by molar-refractivity contribution is 6.39. The maximum absolute atomic E-state index is 12.4. The minimum Gasteiger partial charge on any atom is -0.494 e. The Morgan fingerprint density at radius 3 is 2.03 bits per heavy atom. The topological polar surface area (TPSA) is 46.6 Å². The molecule has 6 heteroatoms. The van der Waals surface area contributed by atoms with E-state index in [0.717, 1.165) is 42.6 Å². The molecule has 1 aliphatic heterocycles. The van der Waals surface area contributed by atoms with Gasteiger partial charge in [0.1, 0.15) is 5.75 Å². The van der Waals surface area contributed by atoms with E-state index in [1.807, 2.05) is 42.5 Å². The van der Waals surface area contributed by atoms with Crippen LogP contribution in [0.15, 0.2) is 66.7 Å². The lowest BCUT2D eigenvalue weighted by Crippen LogP contribution is -2.30. The Morgan fingerprint density at radius 2 is 1.34 bits per heavy atom. The van der Waals surface area contributed by atoms with Crippen molar-refractivity contribution in [1.82, 2.24) is 4.90 Å². The van der Waals surface area contributed by atoms with Crippen LogP contribution in [0, 0.1) is 0 Å². The predicted molar refractivity (Wildman–Crippen MR) is 128 cm³/mol. The fourth-order valence-corrected chi connectivity index (χ4v) is 4.49. The van der Waals surface area contributed by atoms with Crippen molar-refractivity contribution >= 4 is 35.0 Å². The zero-order valence-electron chi connectivity index (χ0n) is 17.5. The first-order valence-electron chi connectivity index (χ1n) is 10.7. The van der Waals surface area contributed by atoms with Gasteiger partial charge in [-0.3, -0.25) is 14.5 Å². The van der Waals surface area contributed by atoms with E-state index in [4.69, 9.17) is 27.9 Å². The average molecular weight is 468 g/mol. The van der Waals surface area contributed by atoms with Crippen LogP contribution >= 0.6 is 23.2 Å². The average Bonchev–Trinajstić information content (AvgIpc) is 3.03. The molecule has 0 saturated heterocycles. The molecule has 4 nitrogen and oxygen atoms in total. The Balaban J connectivity index is 1.20. The van der Waals surface area contributed by atoms with Gasteiger partial charge in [-0.1, -0.05) is 66.4 Å². The van der Waals surface area contributed by atoms with Crippen LogP contribution in [0.3, 0.4) is 0 Å². The number of fused-ring (bicyclic) bond motifs is 1. The quantitative estimate of drug-likeness (QED) is 0.254. The number of amides is 2. The molecular formula is C26H23Cl2NO3. The van der Waals surface area contributed by atoms with Crippen molar-refractivity contribution in [1.29, 1.82) is 0 Å². The number of imide groups is 1. The van der Waals surface area contributed by atoms with Crippen LogP contribution in [0.1, 0.15) is 46.4 Å². The summed E-state index contributed by atoms with van der Waals surface area (Å²) in [7, 11) is 0. The van der Waals surface area contributed by atoms with Gasteiger partial charge in [0.25, 0.3) is 11.8 Å². The third kappa shape index (κ3) is 4.82. The smallest absolute Gasteiger partial charge is 0.261 e. The summed E-state index contributed by atoms with van der Waals surface area (Å²) >= 11 is 12.6.